The zero-order valence-corrected chi connectivity index (χ0v) is 18.4. The van der Waals surface area contributed by atoms with Gasteiger partial charge in [0.2, 0.25) is 5.91 Å². The van der Waals surface area contributed by atoms with Gasteiger partial charge in [-0.25, -0.2) is 0 Å². The van der Waals surface area contributed by atoms with E-state index in [9.17, 15) is 9.59 Å². The largest absolute Gasteiger partial charge is 0.345 e. The molecule has 3 aromatic carbocycles. The van der Waals surface area contributed by atoms with Gasteiger partial charge in [-0.1, -0.05) is 80.6 Å². The molecule has 0 fully saturated rings. The molecule has 3 aromatic rings. The Bertz CT molecular complexity index is 1010. The second kappa shape index (κ2) is 10.6. The first-order valence-corrected chi connectivity index (χ1v) is 10.8. The molecule has 4 nitrogen and oxygen atoms in total. The van der Waals surface area contributed by atoms with E-state index in [0.717, 1.165) is 11.1 Å². The Morgan fingerprint density at radius 2 is 1.42 bits per heavy atom. The van der Waals surface area contributed by atoms with Crippen LogP contribution in [0.1, 0.15) is 66.2 Å². The van der Waals surface area contributed by atoms with Gasteiger partial charge >= 0.3 is 0 Å². The predicted molar refractivity (Wildman–Crippen MR) is 126 cm³/mol. The SMILES string of the molecule is CC(C)c1ccc(CCC(=O)Nc2ccccc2C(=O)N[C@H](C)c2ccccc2)cc1. The summed E-state index contributed by atoms with van der Waals surface area (Å²) in [5.74, 6) is 0.172. The van der Waals surface area contributed by atoms with Gasteiger partial charge in [0.25, 0.3) is 5.91 Å². The summed E-state index contributed by atoms with van der Waals surface area (Å²) in [5.41, 5.74) is 4.43. The molecule has 31 heavy (non-hydrogen) atoms. The van der Waals surface area contributed by atoms with Crippen LogP contribution < -0.4 is 10.6 Å². The second-order valence-corrected chi connectivity index (χ2v) is 8.10. The summed E-state index contributed by atoms with van der Waals surface area (Å²) in [4.78, 5) is 25.4. The van der Waals surface area contributed by atoms with Gasteiger partial charge < -0.3 is 10.6 Å². The standard InChI is InChI=1S/C27H30N2O2/c1-19(2)22-16-13-21(14-17-22)15-18-26(30)29-25-12-8-7-11-24(25)27(31)28-20(3)23-9-5-4-6-10-23/h4-14,16-17,19-20H,15,18H2,1-3H3,(H,28,31)(H,29,30)/t20-/m1/s1. The predicted octanol–water partition coefficient (Wildman–Crippen LogP) is 5.87. The molecule has 0 bridgehead atoms. The molecule has 0 aromatic heterocycles. The van der Waals surface area contributed by atoms with Crippen molar-refractivity contribution in [2.45, 2.75) is 45.6 Å². The molecule has 0 saturated heterocycles. The molecule has 0 saturated carbocycles. The van der Waals surface area contributed by atoms with Crippen LogP contribution in [-0.2, 0) is 11.2 Å². The number of amides is 2. The zero-order valence-electron chi connectivity index (χ0n) is 18.4. The highest BCUT2D eigenvalue weighted by molar-refractivity contribution is 6.03. The van der Waals surface area contributed by atoms with E-state index in [1.165, 1.54) is 5.56 Å². The number of aryl methyl sites for hydroxylation is 1. The number of hydrogen-bond donors (Lipinski definition) is 2. The van der Waals surface area contributed by atoms with E-state index in [2.05, 4.69) is 48.7 Å². The molecular weight excluding hydrogens is 384 g/mol. The zero-order chi connectivity index (χ0) is 22.2. The third-order valence-electron chi connectivity index (χ3n) is 5.38. The molecule has 1 atom stereocenters. The van der Waals surface area contributed by atoms with Crippen LogP contribution in [-0.4, -0.2) is 11.8 Å². The number of hydrogen-bond acceptors (Lipinski definition) is 2. The van der Waals surface area contributed by atoms with Crippen molar-refractivity contribution in [3.8, 4) is 0 Å². The summed E-state index contributed by atoms with van der Waals surface area (Å²) >= 11 is 0. The summed E-state index contributed by atoms with van der Waals surface area (Å²) in [6.07, 6.45) is 1.01. The van der Waals surface area contributed by atoms with Gasteiger partial charge in [0.1, 0.15) is 0 Å². The molecule has 2 amide bonds. The van der Waals surface area contributed by atoms with Crippen LogP contribution in [0.25, 0.3) is 0 Å². The Kier molecular flexibility index (Phi) is 7.60. The third kappa shape index (κ3) is 6.29. The minimum Gasteiger partial charge on any atom is -0.345 e. The van der Waals surface area contributed by atoms with Gasteiger partial charge in [-0.2, -0.15) is 0 Å². The number of benzene rings is 3. The number of anilines is 1. The molecule has 0 aliphatic rings. The number of carbonyl (C=O) groups is 2. The van der Waals surface area contributed by atoms with Gasteiger partial charge in [0.05, 0.1) is 17.3 Å². The van der Waals surface area contributed by atoms with E-state index in [1.54, 1.807) is 18.2 Å². The van der Waals surface area contributed by atoms with Crippen molar-refractivity contribution in [2.75, 3.05) is 5.32 Å². The minimum atomic E-state index is -0.212. The Hall–Kier alpha value is -3.40. The first kappa shape index (κ1) is 22.3. The maximum Gasteiger partial charge on any atom is 0.253 e. The smallest absolute Gasteiger partial charge is 0.253 e. The fourth-order valence-corrected chi connectivity index (χ4v) is 3.43. The van der Waals surface area contributed by atoms with Crippen molar-refractivity contribution in [2.24, 2.45) is 0 Å². The van der Waals surface area contributed by atoms with E-state index >= 15 is 0 Å². The molecule has 2 N–H and O–H groups in total. The van der Waals surface area contributed by atoms with Gasteiger partial charge in [0.15, 0.2) is 0 Å². The van der Waals surface area contributed by atoms with Crippen LogP contribution >= 0.6 is 0 Å². The molecule has 160 valence electrons. The molecule has 0 unspecified atom stereocenters. The van der Waals surface area contributed by atoms with Crippen molar-refractivity contribution in [3.05, 3.63) is 101 Å². The van der Waals surface area contributed by atoms with Crippen LogP contribution in [0.15, 0.2) is 78.9 Å². The summed E-state index contributed by atoms with van der Waals surface area (Å²) in [5, 5.41) is 5.91. The molecule has 0 radical (unpaired) electrons. The molecule has 3 rings (SSSR count). The minimum absolute atomic E-state index is 0.107. The Labute approximate surface area is 184 Å². The van der Waals surface area contributed by atoms with Gasteiger partial charge in [-0.05, 0) is 48.1 Å². The maximum atomic E-state index is 12.8. The van der Waals surface area contributed by atoms with E-state index in [0.29, 0.717) is 30.0 Å². The van der Waals surface area contributed by atoms with Crippen molar-refractivity contribution in [3.63, 3.8) is 0 Å². The number of carbonyl (C=O) groups excluding carboxylic acids is 2. The summed E-state index contributed by atoms with van der Waals surface area (Å²) in [7, 11) is 0. The molecule has 0 heterocycles. The van der Waals surface area contributed by atoms with Crippen LogP contribution in [0.4, 0.5) is 5.69 Å². The molecule has 4 heteroatoms. The molecular formula is C27H30N2O2. The van der Waals surface area contributed by atoms with Gasteiger partial charge in [-0.15, -0.1) is 0 Å². The average molecular weight is 415 g/mol. The summed E-state index contributed by atoms with van der Waals surface area (Å²) < 4.78 is 0. The van der Waals surface area contributed by atoms with Crippen molar-refractivity contribution < 1.29 is 9.59 Å². The second-order valence-electron chi connectivity index (χ2n) is 8.10. The van der Waals surface area contributed by atoms with Crippen LogP contribution in [0.5, 0.6) is 0 Å². The highest BCUT2D eigenvalue weighted by atomic mass is 16.2. The quantitative estimate of drug-likeness (QED) is 0.484. The molecule has 0 spiro atoms. The Morgan fingerprint density at radius 3 is 2.10 bits per heavy atom. The number of nitrogens with one attached hydrogen (secondary N) is 2. The highest BCUT2D eigenvalue weighted by Gasteiger charge is 2.16. The first-order valence-electron chi connectivity index (χ1n) is 10.8. The maximum absolute atomic E-state index is 12.8. The van der Waals surface area contributed by atoms with Crippen molar-refractivity contribution in [1.29, 1.82) is 0 Å². The average Bonchev–Trinajstić information content (AvgIpc) is 2.79. The van der Waals surface area contributed by atoms with Gasteiger partial charge in [-0.3, -0.25) is 9.59 Å². The normalized spacial score (nSPS) is 11.7. The monoisotopic (exact) mass is 414 g/mol. The summed E-state index contributed by atoms with van der Waals surface area (Å²) in [6, 6.07) is 25.2. The lowest BCUT2D eigenvalue weighted by Crippen LogP contribution is -2.28. The van der Waals surface area contributed by atoms with Crippen LogP contribution in [0.3, 0.4) is 0 Å². The third-order valence-corrected chi connectivity index (χ3v) is 5.38. The topological polar surface area (TPSA) is 58.2 Å². The van der Waals surface area contributed by atoms with Crippen LogP contribution in [0.2, 0.25) is 0 Å². The molecule has 0 aliphatic heterocycles. The number of para-hydroxylation sites is 1. The summed E-state index contributed by atoms with van der Waals surface area (Å²) in [6.45, 7) is 6.27. The van der Waals surface area contributed by atoms with E-state index in [-0.39, 0.29) is 17.9 Å². The number of rotatable bonds is 8. The first-order chi connectivity index (χ1) is 14.9. The van der Waals surface area contributed by atoms with Gasteiger partial charge in [0, 0.05) is 6.42 Å². The van der Waals surface area contributed by atoms with Crippen molar-refractivity contribution >= 4 is 17.5 Å². The fourth-order valence-electron chi connectivity index (χ4n) is 3.43. The molecule has 0 aliphatic carbocycles. The van der Waals surface area contributed by atoms with E-state index in [1.807, 2.05) is 43.3 Å². The lowest BCUT2D eigenvalue weighted by atomic mass is 10.0. The van der Waals surface area contributed by atoms with Crippen molar-refractivity contribution in [1.82, 2.24) is 5.32 Å². The Balaban J connectivity index is 1.60. The Morgan fingerprint density at radius 1 is 0.774 bits per heavy atom. The van der Waals surface area contributed by atoms with E-state index in [4.69, 9.17) is 0 Å². The van der Waals surface area contributed by atoms with Crippen LogP contribution in [0, 0.1) is 0 Å². The fraction of sp³-hybridized carbons (Fsp3) is 0.259. The lowest BCUT2D eigenvalue weighted by Gasteiger charge is -2.16. The highest BCUT2D eigenvalue weighted by Crippen LogP contribution is 2.19. The lowest BCUT2D eigenvalue weighted by molar-refractivity contribution is -0.116. The van der Waals surface area contributed by atoms with E-state index < -0.39 is 0 Å².